The average molecular weight is 277 g/mol. The largest absolute Gasteiger partial charge is 0.341 e. The monoisotopic (exact) mass is 277 g/mol. The van der Waals surface area contributed by atoms with E-state index in [-0.39, 0.29) is 0 Å². The van der Waals surface area contributed by atoms with Crippen LogP contribution in [0.15, 0.2) is 17.7 Å². The first kappa shape index (κ1) is 12.9. The molecule has 0 amide bonds. The Morgan fingerprint density at radius 3 is 3.21 bits per heavy atom. The van der Waals surface area contributed by atoms with E-state index in [1.807, 2.05) is 0 Å². The summed E-state index contributed by atoms with van der Waals surface area (Å²) < 4.78 is 0. The highest BCUT2D eigenvalue weighted by atomic mass is 32.2. The van der Waals surface area contributed by atoms with Crippen molar-refractivity contribution in [2.24, 2.45) is 5.92 Å². The van der Waals surface area contributed by atoms with Gasteiger partial charge in [0.2, 0.25) is 0 Å². The van der Waals surface area contributed by atoms with Gasteiger partial charge in [-0.25, -0.2) is 15.0 Å². The molecule has 0 spiro atoms. The second kappa shape index (κ2) is 5.88. The van der Waals surface area contributed by atoms with Crippen LogP contribution in [0.3, 0.4) is 0 Å². The van der Waals surface area contributed by atoms with Crippen molar-refractivity contribution in [2.45, 2.75) is 36.8 Å². The molecule has 2 N–H and O–H groups in total. The zero-order valence-corrected chi connectivity index (χ0v) is 11.9. The average Bonchev–Trinajstić information content (AvgIpc) is 3.07. The Balaban J connectivity index is 1.59. The third-order valence-corrected chi connectivity index (χ3v) is 4.97. The molecule has 0 bridgehead atoms. The molecule has 1 aliphatic carbocycles. The maximum atomic E-state index is 4.35. The highest BCUT2D eigenvalue weighted by Gasteiger charge is 2.25. The van der Waals surface area contributed by atoms with Gasteiger partial charge in [-0.15, -0.1) is 11.8 Å². The zero-order chi connectivity index (χ0) is 13.1. The van der Waals surface area contributed by atoms with Crippen molar-refractivity contribution in [1.29, 1.82) is 0 Å². The van der Waals surface area contributed by atoms with Crippen molar-refractivity contribution in [1.82, 2.24) is 25.3 Å². The topological polar surface area (TPSA) is 66.5 Å². The van der Waals surface area contributed by atoms with Crippen LogP contribution in [0, 0.1) is 5.92 Å². The highest BCUT2D eigenvalue weighted by Crippen LogP contribution is 2.31. The molecule has 0 aromatic carbocycles. The predicted molar refractivity (Wildman–Crippen MR) is 77.2 cm³/mol. The summed E-state index contributed by atoms with van der Waals surface area (Å²) in [5.74, 6) is 1.92. The lowest BCUT2D eigenvalue weighted by Crippen LogP contribution is -2.29. The molecule has 2 atom stereocenters. The molecule has 2 unspecified atom stereocenters. The molecule has 1 aliphatic rings. The van der Waals surface area contributed by atoms with Crippen molar-refractivity contribution in [3.05, 3.63) is 12.7 Å². The standard InChI is InChI=1S/C13H19N5S/c1-14-10-4-2-3-9(10)5-6-19-13-11-12(16-7-15-11)17-8-18-13/h7-10,14H,2-6H2,1H3,(H,15,16,17,18). The van der Waals surface area contributed by atoms with Gasteiger partial charge in [0, 0.05) is 6.04 Å². The van der Waals surface area contributed by atoms with Crippen LogP contribution in [0.2, 0.25) is 0 Å². The van der Waals surface area contributed by atoms with Gasteiger partial charge in [0.25, 0.3) is 0 Å². The second-order valence-electron chi connectivity index (χ2n) is 5.00. The van der Waals surface area contributed by atoms with Gasteiger partial charge in [0.05, 0.1) is 6.33 Å². The van der Waals surface area contributed by atoms with Crippen molar-refractivity contribution in [3.8, 4) is 0 Å². The maximum absolute atomic E-state index is 4.35. The smallest absolute Gasteiger partial charge is 0.181 e. The van der Waals surface area contributed by atoms with Gasteiger partial charge in [-0.3, -0.25) is 0 Å². The maximum Gasteiger partial charge on any atom is 0.181 e. The predicted octanol–water partition coefficient (Wildman–Crippen LogP) is 2.22. The summed E-state index contributed by atoms with van der Waals surface area (Å²) in [5, 5.41) is 4.45. The van der Waals surface area contributed by atoms with E-state index in [1.165, 1.54) is 25.7 Å². The van der Waals surface area contributed by atoms with Crippen LogP contribution in [0.4, 0.5) is 0 Å². The van der Waals surface area contributed by atoms with Gasteiger partial charge in [0.1, 0.15) is 16.9 Å². The van der Waals surface area contributed by atoms with Crippen LogP contribution in [0.5, 0.6) is 0 Å². The summed E-state index contributed by atoms with van der Waals surface area (Å²) in [5.41, 5.74) is 1.72. The number of rotatable bonds is 5. The van der Waals surface area contributed by atoms with Gasteiger partial charge in [0.15, 0.2) is 5.65 Å². The molecule has 5 nitrogen and oxygen atoms in total. The first-order valence-electron chi connectivity index (χ1n) is 6.82. The summed E-state index contributed by atoms with van der Waals surface area (Å²) in [4.78, 5) is 15.8. The van der Waals surface area contributed by atoms with E-state index in [0.29, 0.717) is 6.04 Å². The van der Waals surface area contributed by atoms with E-state index < -0.39 is 0 Å². The summed E-state index contributed by atoms with van der Waals surface area (Å²) in [6, 6.07) is 0.707. The number of thioether (sulfide) groups is 1. The quantitative estimate of drug-likeness (QED) is 0.648. The number of aromatic nitrogens is 4. The molecule has 1 saturated carbocycles. The van der Waals surface area contributed by atoms with Gasteiger partial charge in [-0.1, -0.05) is 6.42 Å². The Kier molecular flexibility index (Phi) is 3.98. The minimum Gasteiger partial charge on any atom is -0.341 e. The number of hydrogen-bond donors (Lipinski definition) is 2. The summed E-state index contributed by atoms with van der Waals surface area (Å²) >= 11 is 1.80. The number of fused-ring (bicyclic) bond motifs is 1. The van der Waals surface area contributed by atoms with Crippen LogP contribution in [0.1, 0.15) is 25.7 Å². The minimum atomic E-state index is 0.707. The lowest BCUT2D eigenvalue weighted by molar-refractivity contribution is 0.417. The van der Waals surface area contributed by atoms with Gasteiger partial charge >= 0.3 is 0 Å². The van der Waals surface area contributed by atoms with E-state index in [4.69, 9.17) is 0 Å². The van der Waals surface area contributed by atoms with Crippen LogP contribution >= 0.6 is 11.8 Å². The fraction of sp³-hybridized carbons (Fsp3) is 0.615. The fourth-order valence-electron chi connectivity index (χ4n) is 2.92. The second-order valence-corrected chi connectivity index (χ2v) is 6.09. The Bertz CT molecular complexity index is 541. The SMILES string of the molecule is CNC1CCCC1CCSc1ncnc2nc[nH]c12. The molecule has 0 aliphatic heterocycles. The Labute approximate surface area is 117 Å². The number of aromatic amines is 1. The van der Waals surface area contributed by atoms with E-state index >= 15 is 0 Å². The highest BCUT2D eigenvalue weighted by molar-refractivity contribution is 7.99. The molecule has 6 heteroatoms. The number of H-pyrrole nitrogens is 1. The molecule has 1 fully saturated rings. The lowest BCUT2D eigenvalue weighted by atomic mass is 10.0. The lowest BCUT2D eigenvalue weighted by Gasteiger charge is -2.18. The molecule has 19 heavy (non-hydrogen) atoms. The molecule has 3 rings (SSSR count). The zero-order valence-electron chi connectivity index (χ0n) is 11.1. The molecule has 2 aromatic heterocycles. The fourth-order valence-corrected chi connectivity index (χ4v) is 3.95. The van der Waals surface area contributed by atoms with Gasteiger partial charge in [-0.05, 0) is 38.0 Å². The molecule has 0 radical (unpaired) electrons. The summed E-state index contributed by atoms with van der Waals surface area (Å²) in [7, 11) is 2.08. The molecule has 102 valence electrons. The van der Waals surface area contributed by atoms with Crippen molar-refractivity contribution in [2.75, 3.05) is 12.8 Å². The normalized spacial score (nSPS) is 23.2. The van der Waals surface area contributed by atoms with Crippen LogP contribution < -0.4 is 5.32 Å². The number of nitrogens with one attached hydrogen (secondary N) is 2. The van der Waals surface area contributed by atoms with Crippen molar-refractivity contribution in [3.63, 3.8) is 0 Å². The Hall–Kier alpha value is -1.14. The van der Waals surface area contributed by atoms with Gasteiger partial charge in [-0.2, -0.15) is 0 Å². The Morgan fingerprint density at radius 1 is 1.37 bits per heavy atom. The number of imidazole rings is 1. The van der Waals surface area contributed by atoms with Crippen LogP contribution in [-0.4, -0.2) is 38.8 Å². The van der Waals surface area contributed by atoms with Gasteiger partial charge < -0.3 is 10.3 Å². The first-order chi connectivity index (χ1) is 9.38. The van der Waals surface area contributed by atoms with Crippen LogP contribution in [-0.2, 0) is 0 Å². The third-order valence-electron chi connectivity index (χ3n) is 3.95. The minimum absolute atomic E-state index is 0.707. The Morgan fingerprint density at radius 2 is 2.32 bits per heavy atom. The van der Waals surface area contributed by atoms with Crippen molar-refractivity contribution >= 4 is 22.9 Å². The van der Waals surface area contributed by atoms with E-state index in [1.54, 1.807) is 24.4 Å². The number of hydrogen-bond acceptors (Lipinski definition) is 5. The molecular formula is C13H19N5S. The molecular weight excluding hydrogens is 258 g/mol. The van der Waals surface area contributed by atoms with Crippen molar-refractivity contribution < 1.29 is 0 Å². The molecule has 2 heterocycles. The number of nitrogens with zero attached hydrogens (tertiary/aromatic N) is 3. The van der Waals surface area contributed by atoms with E-state index in [9.17, 15) is 0 Å². The van der Waals surface area contributed by atoms with E-state index in [2.05, 4.69) is 32.3 Å². The van der Waals surface area contributed by atoms with E-state index in [0.717, 1.165) is 27.9 Å². The van der Waals surface area contributed by atoms with Crippen LogP contribution in [0.25, 0.3) is 11.2 Å². The summed E-state index contributed by atoms with van der Waals surface area (Å²) in [6.45, 7) is 0. The molecule has 2 aromatic rings. The molecule has 0 saturated heterocycles. The summed E-state index contributed by atoms with van der Waals surface area (Å²) in [6.07, 6.45) is 8.56. The first-order valence-corrected chi connectivity index (χ1v) is 7.81. The third kappa shape index (κ3) is 2.74.